The predicted octanol–water partition coefficient (Wildman–Crippen LogP) is 13.0. The van der Waals surface area contributed by atoms with Gasteiger partial charge in [0.1, 0.15) is 24.4 Å². The first-order chi connectivity index (χ1) is 31.8. The van der Waals surface area contributed by atoms with Gasteiger partial charge in [-0.2, -0.15) is 0 Å². The Morgan fingerprint density at radius 1 is 0.508 bits per heavy atom. The van der Waals surface area contributed by atoms with Crippen molar-refractivity contribution in [1.82, 2.24) is 5.32 Å². The minimum absolute atomic E-state index is 0.201. The summed E-state index contributed by atoms with van der Waals surface area (Å²) < 4.78 is 11.2. The lowest BCUT2D eigenvalue weighted by Crippen LogP contribution is -2.60. The second-order valence-corrected chi connectivity index (χ2v) is 19.0. The maximum Gasteiger partial charge on any atom is 0.220 e. The fourth-order valence-electron chi connectivity index (χ4n) is 8.48. The summed E-state index contributed by atoms with van der Waals surface area (Å²) in [5.41, 5.74) is 0. The Bertz CT molecular complexity index is 1160. The molecule has 1 aliphatic heterocycles. The Labute approximate surface area is 399 Å². The average molecular weight is 918 g/mol. The molecule has 1 rings (SSSR count). The fourth-order valence-corrected chi connectivity index (χ4v) is 8.48. The molecular formula is C56H103NO8. The van der Waals surface area contributed by atoms with Gasteiger partial charge in [-0.05, 0) is 70.6 Å². The van der Waals surface area contributed by atoms with Crippen molar-refractivity contribution in [3.05, 3.63) is 48.6 Å². The van der Waals surface area contributed by atoms with Crippen LogP contribution >= 0.6 is 0 Å². The van der Waals surface area contributed by atoms with Crippen LogP contribution in [0.15, 0.2) is 48.6 Å². The van der Waals surface area contributed by atoms with Crippen LogP contribution in [0.5, 0.6) is 0 Å². The minimum Gasteiger partial charge on any atom is -0.394 e. The van der Waals surface area contributed by atoms with Gasteiger partial charge in [-0.15, -0.1) is 0 Å². The van der Waals surface area contributed by atoms with Crippen molar-refractivity contribution < 1.29 is 39.8 Å². The number of carbonyl (C=O) groups excluding carboxylic acids is 1. The molecule has 7 atom stereocenters. The molecule has 0 aromatic rings. The normalized spacial score (nSPS) is 20.3. The topological polar surface area (TPSA) is 149 Å². The van der Waals surface area contributed by atoms with Gasteiger partial charge in [-0.1, -0.05) is 217 Å². The van der Waals surface area contributed by atoms with E-state index in [1.54, 1.807) is 6.08 Å². The van der Waals surface area contributed by atoms with Crippen molar-refractivity contribution in [3.63, 3.8) is 0 Å². The van der Waals surface area contributed by atoms with E-state index in [0.717, 1.165) is 64.2 Å². The smallest absolute Gasteiger partial charge is 0.220 e. The van der Waals surface area contributed by atoms with Gasteiger partial charge in [0, 0.05) is 6.42 Å². The summed E-state index contributed by atoms with van der Waals surface area (Å²) in [6.45, 7) is 3.74. The van der Waals surface area contributed by atoms with E-state index in [2.05, 4.69) is 55.6 Å². The van der Waals surface area contributed by atoms with E-state index >= 15 is 0 Å². The zero-order valence-electron chi connectivity index (χ0n) is 42.0. The number of aliphatic hydroxyl groups excluding tert-OH is 5. The van der Waals surface area contributed by atoms with Crippen LogP contribution in [0.1, 0.15) is 245 Å². The van der Waals surface area contributed by atoms with E-state index in [1.165, 1.54) is 161 Å². The molecule has 1 fully saturated rings. The summed E-state index contributed by atoms with van der Waals surface area (Å²) in [5, 5.41) is 54.3. The van der Waals surface area contributed by atoms with Gasteiger partial charge in [0.25, 0.3) is 0 Å². The molecule has 1 saturated heterocycles. The lowest BCUT2D eigenvalue weighted by Gasteiger charge is -2.40. The first-order valence-electron chi connectivity index (χ1n) is 27.4. The second kappa shape index (κ2) is 45.9. The Morgan fingerprint density at radius 3 is 1.31 bits per heavy atom. The molecule has 0 saturated carbocycles. The third-order valence-electron chi connectivity index (χ3n) is 12.9. The number of rotatable bonds is 46. The summed E-state index contributed by atoms with van der Waals surface area (Å²) in [6, 6.07) is -0.832. The number of nitrogens with one attached hydrogen (secondary N) is 1. The highest BCUT2D eigenvalue weighted by atomic mass is 16.7. The number of aliphatic hydroxyl groups is 5. The van der Waals surface area contributed by atoms with Gasteiger partial charge in [-0.3, -0.25) is 4.79 Å². The van der Waals surface area contributed by atoms with E-state index in [9.17, 15) is 30.3 Å². The highest BCUT2D eigenvalue weighted by molar-refractivity contribution is 5.76. The Balaban J connectivity index is 2.24. The maximum absolute atomic E-state index is 13.0. The molecule has 9 nitrogen and oxygen atoms in total. The van der Waals surface area contributed by atoms with Gasteiger partial charge in [0.15, 0.2) is 6.29 Å². The lowest BCUT2D eigenvalue weighted by atomic mass is 9.99. The summed E-state index contributed by atoms with van der Waals surface area (Å²) in [7, 11) is 0. The van der Waals surface area contributed by atoms with Crippen molar-refractivity contribution in [2.24, 2.45) is 0 Å². The van der Waals surface area contributed by atoms with E-state index < -0.39 is 49.5 Å². The molecule has 380 valence electrons. The van der Waals surface area contributed by atoms with Gasteiger partial charge in [-0.25, -0.2) is 0 Å². The molecule has 0 aromatic carbocycles. The van der Waals surface area contributed by atoms with E-state index in [4.69, 9.17) is 9.47 Å². The van der Waals surface area contributed by atoms with Crippen LogP contribution in [0, 0.1) is 0 Å². The van der Waals surface area contributed by atoms with Crippen LogP contribution in [0.3, 0.4) is 0 Å². The van der Waals surface area contributed by atoms with Gasteiger partial charge in [0.05, 0.1) is 25.4 Å². The number of unbranched alkanes of at least 4 members (excludes halogenated alkanes) is 30. The summed E-state index contributed by atoms with van der Waals surface area (Å²) in [4.78, 5) is 13.0. The molecule has 0 spiro atoms. The Kier molecular flexibility index (Phi) is 43.2. The largest absolute Gasteiger partial charge is 0.394 e. The number of carbonyl (C=O) groups is 1. The summed E-state index contributed by atoms with van der Waals surface area (Å²) in [5.74, 6) is -0.201. The minimum atomic E-state index is -1.58. The van der Waals surface area contributed by atoms with Crippen molar-refractivity contribution in [1.29, 1.82) is 0 Å². The molecule has 7 unspecified atom stereocenters. The van der Waals surface area contributed by atoms with Crippen molar-refractivity contribution in [2.45, 2.75) is 288 Å². The van der Waals surface area contributed by atoms with Crippen molar-refractivity contribution in [2.75, 3.05) is 13.2 Å². The molecule has 6 N–H and O–H groups in total. The van der Waals surface area contributed by atoms with Gasteiger partial charge < -0.3 is 40.3 Å². The molecule has 1 aliphatic rings. The van der Waals surface area contributed by atoms with Crippen LogP contribution < -0.4 is 5.32 Å². The molecule has 0 radical (unpaired) electrons. The molecule has 1 heterocycles. The monoisotopic (exact) mass is 918 g/mol. The van der Waals surface area contributed by atoms with Crippen LogP contribution in [0.4, 0.5) is 0 Å². The molecule has 0 aromatic heterocycles. The zero-order chi connectivity index (χ0) is 47.3. The number of hydrogen-bond acceptors (Lipinski definition) is 8. The fraction of sp³-hybridized carbons (Fsp3) is 0.839. The van der Waals surface area contributed by atoms with Crippen LogP contribution in [-0.2, 0) is 14.3 Å². The standard InChI is InChI=1S/C56H103NO8/c1-3-5-7-9-11-13-15-17-18-19-20-21-22-23-24-25-26-27-28-29-30-31-32-34-35-37-39-41-43-45-50(59)49(48-64-56-55(63)54(62)53(61)51(47-58)65-56)57-52(60)46-44-42-40-38-36-33-16-14-12-10-8-6-4-2/h14,16,30-31,35,37,43,45,49-51,53-56,58-59,61-63H,3-13,15,17-29,32-34,36,38-42,44,46-48H2,1-2H3,(H,57,60)/b16-14-,31-30+,37-35+,45-43+. The van der Waals surface area contributed by atoms with Gasteiger partial charge >= 0.3 is 0 Å². The van der Waals surface area contributed by atoms with Crippen LogP contribution in [0.2, 0.25) is 0 Å². The predicted molar refractivity (Wildman–Crippen MR) is 272 cm³/mol. The maximum atomic E-state index is 13.0. The van der Waals surface area contributed by atoms with Gasteiger partial charge in [0.2, 0.25) is 5.91 Å². The van der Waals surface area contributed by atoms with E-state index in [0.29, 0.717) is 6.42 Å². The van der Waals surface area contributed by atoms with Crippen molar-refractivity contribution in [3.8, 4) is 0 Å². The number of hydrogen-bond donors (Lipinski definition) is 6. The third-order valence-corrected chi connectivity index (χ3v) is 12.9. The third kappa shape index (κ3) is 35.9. The Hall–Kier alpha value is -1.85. The molecule has 1 amide bonds. The first-order valence-corrected chi connectivity index (χ1v) is 27.4. The quantitative estimate of drug-likeness (QED) is 0.0261. The zero-order valence-corrected chi connectivity index (χ0v) is 42.0. The number of allylic oxidation sites excluding steroid dienone is 7. The van der Waals surface area contributed by atoms with E-state index in [-0.39, 0.29) is 12.5 Å². The SMILES string of the molecule is CCCCCC/C=C\CCCCCCCC(=O)NC(COC1OC(CO)C(O)C(O)C1O)C(O)/C=C/CC/C=C/CC/C=C/CCCCCCCCCCCCCCCCCCCCC. The molecule has 9 heteroatoms. The molecule has 0 aliphatic carbocycles. The number of ether oxygens (including phenoxy) is 2. The highest BCUT2D eigenvalue weighted by Crippen LogP contribution is 2.23. The second-order valence-electron chi connectivity index (χ2n) is 19.0. The highest BCUT2D eigenvalue weighted by Gasteiger charge is 2.44. The van der Waals surface area contributed by atoms with Crippen LogP contribution in [-0.4, -0.2) is 87.5 Å². The van der Waals surface area contributed by atoms with Crippen molar-refractivity contribution >= 4 is 5.91 Å². The summed E-state index contributed by atoms with van der Waals surface area (Å²) in [6.07, 6.45) is 53.3. The van der Waals surface area contributed by atoms with Crippen LogP contribution in [0.25, 0.3) is 0 Å². The number of amides is 1. The van der Waals surface area contributed by atoms with E-state index in [1.807, 2.05) is 6.08 Å². The first kappa shape index (κ1) is 61.2. The Morgan fingerprint density at radius 2 is 0.877 bits per heavy atom. The summed E-state index contributed by atoms with van der Waals surface area (Å²) >= 11 is 0. The average Bonchev–Trinajstić information content (AvgIpc) is 3.31. The lowest BCUT2D eigenvalue weighted by molar-refractivity contribution is -0.302. The molecule has 65 heavy (non-hydrogen) atoms. The molecule has 0 bridgehead atoms. The molecular weight excluding hydrogens is 815 g/mol.